The van der Waals surface area contributed by atoms with Crippen molar-refractivity contribution in [2.24, 2.45) is 0 Å². The Bertz CT molecular complexity index is 546. The summed E-state index contributed by atoms with van der Waals surface area (Å²) in [5.41, 5.74) is 0. The predicted molar refractivity (Wildman–Crippen MR) is 84.4 cm³/mol. The Morgan fingerprint density at radius 3 is 2.76 bits per heavy atom. The van der Waals surface area contributed by atoms with Gasteiger partial charge in [0.15, 0.2) is 0 Å². The Balaban J connectivity index is 1.72. The van der Waals surface area contributed by atoms with Gasteiger partial charge in [-0.2, -0.15) is 0 Å². The second-order valence-electron chi connectivity index (χ2n) is 4.53. The van der Waals surface area contributed by atoms with Crippen LogP contribution in [0.5, 0.6) is 0 Å². The topological polar surface area (TPSA) is 70.2 Å². The second-order valence-corrected chi connectivity index (χ2v) is 5.51. The molecule has 0 saturated heterocycles. The van der Waals surface area contributed by atoms with Crippen LogP contribution < -0.4 is 10.6 Å². The van der Waals surface area contributed by atoms with E-state index in [2.05, 4.69) is 20.6 Å². The smallest absolute Gasteiger partial charge is 0.317 e. The van der Waals surface area contributed by atoms with E-state index in [-0.39, 0.29) is 12.1 Å². The van der Waals surface area contributed by atoms with Crippen LogP contribution in [-0.4, -0.2) is 41.0 Å². The standard InChI is InChI=1S/C14H19N5OS/c1-11(12-5-3-10-21-12)19(2)14(20)18-9-8-17-13-15-6-4-7-16-13/h3-7,10-11H,8-9H2,1-2H3,(H,18,20)(H,15,16,17). The minimum atomic E-state index is -0.0910. The first kappa shape index (κ1) is 15.2. The van der Waals surface area contributed by atoms with Gasteiger partial charge in [0, 0.05) is 37.4 Å². The highest BCUT2D eigenvalue weighted by molar-refractivity contribution is 7.10. The van der Waals surface area contributed by atoms with E-state index in [0.717, 1.165) is 0 Å². The number of nitrogens with one attached hydrogen (secondary N) is 2. The largest absolute Gasteiger partial charge is 0.352 e. The molecule has 1 unspecified atom stereocenters. The van der Waals surface area contributed by atoms with Gasteiger partial charge in [-0.1, -0.05) is 6.07 Å². The zero-order valence-corrected chi connectivity index (χ0v) is 12.9. The predicted octanol–water partition coefficient (Wildman–Crippen LogP) is 2.35. The number of hydrogen-bond acceptors (Lipinski definition) is 5. The summed E-state index contributed by atoms with van der Waals surface area (Å²) >= 11 is 1.65. The number of carbonyl (C=O) groups excluding carboxylic acids is 1. The summed E-state index contributed by atoms with van der Waals surface area (Å²) in [6.45, 7) is 3.11. The Hall–Kier alpha value is -2.15. The van der Waals surface area contributed by atoms with Gasteiger partial charge >= 0.3 is 6.03 Å². The first-order chi connectivity index (χ1) is 10.2. The lowest BCUT2D eigenvalue weighted by Gasteiger charge is -2.24. The van der Waals surface area contributed by atoms with Crippen LogP contribution in [0.25, 0.3) is 0 Å². The maximum Gasteiger partial charge on any atom is 0.317 e. The van der Waals surface area contributed by atoms with Crippen LogP contribution in [0.2, 0.25) is 0 Å². The molecule has 0 radical (unpaired) electrons. The van der Waals surface area contributed by atoms with Crippen LogP contribution in [0.3, 0.4) is 0 Å². The lowest BCUT2D eigenvalue weighted by molar-refractivity contribution is 0.195. The molecule has 7 heteroatoms. The molecule has 0 fully saturated rings. The summed E-state index contributed by atoms with van der Waals surface area (Å²) in [5.74, 6) is 0.562. The van der Waals surface area contributed by atoms with Crippen molar-refractivity contribution in [2.75, 3.05) is 25.5 Å². The molecule has 21 heavy (non-hydrogen) atoms. The zero-order chi connectivity index (χ0) is 15.1. The van der Waals surface area contributed by atoms with E-state index in [1.54, 1.807) is 41.7 Å². The number of thiophene rings is 1. The van der Waals surface area contributed by atoms with Crippen molar-refractivity contribution >= 4 is 23.3 Å². The number of aromatic nitrogens is 2. The Labute approximate surface area is 128 Å². The average molecular weight is 305 g/mol. The van der Waals surface area contributed by atoms with Crippen molar-refractivity contribution in [1.29, 1.82) is 0 Å². The third kappa shape index (κ3) is 4.42. The lowest BCUT2D eigenvalue weighted by atomic mass is 10.2. The molecule has 2 aromatic rings. The van der Waals surface area contributed by atoms with Crippen LogP contribution in [0.15, 0.2) is 36.0 Å². The van der Waals surface area contributed by atoms with E-state index in [1.165, 1.54) is 4.88 Å². The summed E-state index contributed by atoms with van der Waals surface area (Å²) in [6, 6.07) is 5.76. The first-order valence-electron chi connectivity index (χ1n) is 6.73. The SMILES string of the molecule is CC(c1cccs1)N(C)C(=O)NCCNc1ncccn1. The number of carbonyl (C=O) groups is 1. The van der Waals surface area contributed by atoms with Gasteiger partial charge < -0.3 is 15.5 Å². The molecule has 0 aromatic carbocycles. The fraction of sp³-hybridized carbons (Fsp3) is 0.357. The maximum atomic E-state index is 12.1. The number of nitrogens with zero attached hydrogens (tertiary/aromatic N) is 3. The molecule has 0 bridgehead atoms. The molecule has 1 atom stereocenters. The third-order valence-electron chi connectivity index (χ3n) is 3.11. The number of hydrogen-bond donors (Lipinski definition) is 2. The fourth-order valence-corrected chi connectivity index (χ4v) is 2.58. The summed E-state index contributed by atoms with van der Waals surface area (Å²) in [4.78, 5) is 23.0. The van der Waals surface area contributed by atoms with Crippen LogP contribution >= 0.6 is 11.3 Å². The van der Waals surface area contributed by atoms with Gasteiger partial charge in [0.05, 0.1) is 6.04 Å². The van der Waals surface area contributed by atoms with Crippen molar-refractivity contribution in [1.82, 2.24) is 20.2 Å². The number of anilines is 1. The highest BCUT2D eigenvalue weighted by atomic mass is 32.1. The van der Waals surface area contributed by atoms with E-state index in [9.17, 15) is 4.79 Å². The fourth-order valence-electron chi connectivity index (χ4n) is 1.75. The summed E-state index contributed by atoms with van der Waals surface area (Å²) < 4.78 is 0. The molecule has 0 aliphatic heterocycles. The van der Waals surface area contributed by atoms with E-state index in [1.807, 2.05) is 24.4 Å². The normalized spacial score (nSPS) is 11.7. The first-order valence-corrected chi connectivity index (χ1v) is 7.61. The van der Waals surface area contributed by atoms with E-state index in [0.29, 0.717) is 19.0 Å². The molecule has 0 saturated carbocycles. The molecule has 0 aliphatic carbocycles. The molecule has 2 N–H and O–H groups in total. The van der Waals surface area contributed by atoms with Crippen LogP contribution in [0.4, 0.5) is 10.7 Å². The van der Waals surface area contributed by atoms with E-state index < -0.39 is 0 Å². The number of amides is 2. The van der Waals surface area contributed by atoms with Crippen molar-refractivity contribution in [3.05, 3.63) is 40.8 Å². The molecule has 2 amide bonds. The number of rotatable bonds is 6. The Morgan fingerprint density at radius 1 is 1.33 bits per heavy atom. The average Bonchev–Trinajstić information content (AvgIpc) is 3.05. The third-order valence-corrected chi connectivity index (χ3v) is 4.15. The highest BCUT2D eigenvalue weighted by Crippen LogP contribution is 2.23. The van der Waals surface area contributed by atoms with Gasteiger partial charge in [-0.3, -0.25) is 0 Å². The lowest BCUT2D eigenvalue weighted by Crippen LogP contribution is -2.40. The molecule has 0 spiro atoms. The van der Waals surface area contributed by atoms with Gasteiger partial charge in [0.2, 0.25) is 5.95 Å². The summed E-state index contributed by atoms with van der Waals surface area (Å²) in [7, 11) is 1.80. The number of urea groups is 1. The van der Waals surface area contributed by atoms with Crippen molar-refractivity contribution < 1.29 is 4.79 Å². The monoisotopic (exact) mass is 305 g/mol. The zero-order valence-electron chi connectivity index (χ0n) is 12.1. The van der Waals surface area contributed by atoms with Gasteiger partial charge in [-0.15, -0.1) is 11.3 Å². The Kier molecular flexibility index (Phi) is 5.51. The molecule has 6 nitrogen and oxygen atoms in total. The van der Waals surface area contributed by atoms with Gasteiger partial charge in [-0.25, -0.2) is 14.8 Å². The molecule has 2 aromatic heterocycles. The van der Waals surface area contributed by atoms with Crippen LogP contribution in [-0.2, 0) is 0 Å². The summed E-state index contributed by atoms with van der Waals surface area (Å²) in [5, 5.41) is 7.93. The second kappa shape index (κ2) is 7.58. The van der Waals surface area contributed by atoms with Crippen molar-refractivity contribution in [2.45, 2.75) is 13.0 Å². The van der Waals surface area contributed by atoms with Crippen LogP contribution in [0.1, 0.15) is 17.8 Å². The van der Waals surface area contributed by atoms with Crippen molar-refractivity contribution in [3.63, 3.8) is 0 Å². The van der Waals surface area contributed by atoms with E-state index in [4.69, 9.17) is 0 Å². The van der Waals surface area contributed by atoms with Gasteiger partial charge in [0.25, 0.3) is 0 Å². The minimum absolute atomic E-state index is 0.0652. The minimum Gasteiger partial charge on any atom is -0.352 e. The molecule has 2 rings (SSSR count). The van der Waals surface area contributed by atoms with Gasteiger partial charge in [0.1, 0.15) is 0 Å². The van der Waals surface area contributed by atoms with E-state index >= 15 is 0 Å². The highest BCUT2D eigenvalue weighted by Gasteiger charge is 2.17. The van der Waals surface area contributed by atoms with Gasteiger partial charge in [-0.05, 0) is 24.4 Å². The molecule has 112 valence electrons. The molecular formula is C14H19N5OS. The van der Waals surface area contributed by atoms with Crippen LogP contribution in [0, 0.1) is 0 Å². The quantitative estimate of drug-likeness (QED) is 0.804. The molecule has 2 heterocycles. The molecule has 0 aliphatic rings. The Morgan fingerprint density at radius 2 is 2.10 bits per heavy atom. The molecular weight excluding hydrogens is 286 g/mol. The summed E-state index contributed by atoms with van der Waals surface area (Å²) in [6.07, 6.45) is 3.34. The van der Waals surface area contributed by atoms with Crippen molar-refractivity contribution in [3.8, 4) is 0 Å². The maximum absolute atomic E-state index is 12.1.